The van der Waals surface area contributed by atoms with Gasteiger partial charge in [-0.1, -0.05) is 18.2 Å². The SMILES string of the molecule is Cc1cccn2cc(-c3ccc(NC(=O)c4cccc[n+]4[O-])cc3)nc12. The first-order chi connectivity index (χ1) is 12.6. The highest BCUT2D eigenvalue weighted by Crippen LogP contribution is 2.22. The number of fused-ring (bicyclic) bond motifs is 1. The van der Waals surface area contributed by atoms with Crippen molar-refractivity contribution in [3.05, 3.63) is 89.7 Å². The van der Waals surface area contributed by atoms with Crippen LogP contribution in [0.1, 0.15) is 16.1 Å². The van der Waals surface area contributed by atoms with Crippen LogP contribution in [0, 0.1) is 12.1 Å². The Bertz CT molecular complexity index is 1100. The Balaban J connectivity index is 1.57. The lowest BCUT2D eigenvalue weighted by Gasteiger charge is -2.06. The van der Waals surface area contributed by atoms with Gasteiger partial charge >= 0.3 is 5.91 Å². The predicted molar refractivity (Wildman–Crippen MR) is 98.7 cm³/mol. The maximum absolute atomic E-state index is 12.2. The summed E-state index contributed by atoms with van der Waals surface area (Å²) >= 11 is 0. The number of anilines is 1. The van der Waals surface area contributed by atoms with Crippen molar-refractivity contribution in [2.24, 2.45) is 0 Å². The Hall–Kier alpha value is -3.67. The number of carbonyl (C=O) groups is 1. The molecule has 0 bridgehead atoms. The van der Waals surface area contributed by atoms with Gasteiger partial charge in [0.05, 0.1) is 5.69 Å². The van der Waals surface area contributed by atoms with Crippen LogP contribution in [0.25, 0.3) is 16.9 Å². The number of nitrogens with zero attached hydrogens (tertiary/aromatic N) is 3. The molecule has 0 unspecified atom stereocenters. The molecule has 3 aromatic heterocycles. The maximum atomic E-state index is 12.2. The van der Waals surface area contributed by atoms with Crippen molar-refractivity contribution < 1.29 is 9.52 Å². The molecule has 4 rings (SSSR count). The van der Waals surface area contributed by atoms with Crippen LogP contribution in [-0.4, -0.2) is 15.3 Å². The van der Waals surface area contributed by atoms with Crippen LogP contribution in [0.2, 0.25) is 0 Å². The molecule has 0 aliphatic heterocycles. The van der Waals surface area contributed by atoms with E-state index in [9.17, 15) is 10.0 Å². The third-order valence-electron chi connectivity index (χ3n) is 4.17. The topological polar surface area (TPSA) is 73.3 Å². The highest BCUT2D eigenvalue weighted by Gasteiger charge is 2.15. The molecule has 26 heavy (non-hydrogen) atoms. The lowest BCUT2D eigenvalue weighted by Crippen LogP contribution is -2.36. The van der Waals surface area contributed by atoms with E-state index < -0.39 is 5.91 Å². The second kappa shape index (κ2) is 6.33. The zero-order valence-electron chi connectivity index (χ0n) is 14.1. The minimum atomic E-state index is -0.447. The highest BCUT2D eigenvalue weighted by molar-refractivity contribution is 6.01. The van der Waals surface area contributed by atoms with Crippen LogP contribution in [0.15, 0.2) is 73.2 Å². The number of benzene rings is 1. The van der Waals surface area contributed by atoms with Crippen LogP contribution >= 0.6 is 0 Å². The Kier molecular flexibility index (Phi) is 3.85. The number of aromatic nitrogens is 3. The first-order valence-corrected chi connectivity index (χ1v) is 8.16. The molecule has 0 aliphatic carbocycles. The van der Waals surface area contributed by atoms with E-state index in [4.69, 9.17) is 0 Å². The van der Waals surface area contributed by atoms with Gasteiger partial charge in [0, 0.05) is 35.8 Å². The Morgan fingerprint density at radius 1 is 1.12 bits per heavy atom. The third kappa shape index (κ3) is 2.88. The van der Waals surface area contributed by atoms with Crippen LogP contribution in [0.3, 0.4) is 0 Å². The molecule has 0 saturated carbocycles. The zero-order valence-corrected chi connectivity index (χ0v) is 14.1. The van der Waals surface area contributed by atoms with Gasteiger partial charge < -0.3 is 14.9 Å². The van der Waals surface area contributed by atoms with Crippen molar-refractivity contribution in [3.63, 3.8) is 0 Å². The number of hydrogen-bond acceptors (Lipinski definition) is 3. The van der Waals surface area contributed by atoms with Gasteiger partial charge in [0.15, 0.2) is 6.20 Å². The Labute approximate surface area is 150 Å². The van der Waals surface area contributed by atoms with Crippen molar-refractivity contribution in [2.45, 2.75) is 6.92 Å². The molecule has 1 aromatic carbocycles. The van der Waals surface area contributed by atoms with Crippen molar-refractivity contribution in [3.8, 4) is 11.3 Å². The van der Waals surface area contributed by atoms with E-state index in [0.717, 1.165) is 22.5 Å². The summed E-state index contributed by atoms with van der Waals surface area (Å²) in [6.07, 6.45) is 5.23. The Morgan fingerprint density at radius 3 is 2.65 bits per heavy atom. The first-order valence-electron chi connectivity index (χ1n) is 8.16. The minimum absolute atomic E-state index is 0.0485. The highest BCUT2D eigenvalue weighted by atomic mass is 16.5. The summed E-state index contributed by atoms with van der Waals surface area (Å²) in [6.45, 7) is 2.02. The summed E-state index contributed by atoms with van der Waals surface area (Å²) < 4.78 is 2.53. The molecule has 0 fully saturated rings. The van der Waals surface area contributed by atoms with Crippen molar-refractivity contribution in [1.29, 1.82) is 0 Å². The molecule has 128 valence electrons. The third-order valence-corrected chi connectivity index (χ3v) is 4.17. The van der Waals surface area contributed by atoms with E-state index in [0.29, 0.717) is 10.4 Å². The van der Waals surface area contributed by atoms with Gasteiger partial charge in [-0.2, -0.15) is 4.73 Å². The van der Waals surface area contributed by atoms with E-state index >= 15 is 0 Å². The van der Waals surface area contributed by atoms with E-state index in [2.05, 4.69) is 10.3 Å². The number of nitrogens with one attached hydrogen (secondary N) is 1. The average Bonchev–Trinajstić information content (AvgIpc) is 3.08. The monoisotopic (exact) mass is 344 g/mol. The van der Waals surface area contributed by atoms with Crippen molar-refractivity contribution in [2.75, 3.05) is 5.32 Å². The number of carbonyl (C=O) groups excluding carboxylic acids is 1. The summed E-state index contributed by atoms with van der Waals surface area (Å²) in [4.78, 5) is 16.9. The van der Waals surface area contributed by atoms with Gasteiger partial charge in [-0.3, -0.25) is 4.79 Å². The summed E-state index contributed by atoms with van der Waals surface area (Å²) in [7, 11) is 0. The fourth-order valence-corrected chi connectivity index (χ4v) is 2.82. The lowest BCUT2D eigenvalue weighted by atomic mass is 10.1. The van der Waals surface area contributed by atoms with Crippen molar-refractivity contribution >= 4 is 17.2 Å². The fraction of sp³-hybridized carbons (Fsp3) is 0.0500. The quantitative estimate of drug-likeness (QED) is 0.458. The maximum Gasteiger partial charge on any atom is 0.321 e. The molecule has 4 aromatic rings. The normalized spacial score (nSPS) is 10.8. The smallest absolute Gasteiger partial charge is 0.321 e. The first kappa shape index (κ1) is 15.8. The van der Waals surface area contributed by atoms with E-state index in [1.807, 2.05) is 48.0 Å². The molecule has 0 saturated heterocycles. The number of hydrogen-bond donors (Lipinski definition) is 1. The minimum Gasteiger partial charge on any atom is -0.618 e. The molecule has 1 amide bonds. The van der Waals surface area contributed by atoms with Crippen LogP contribution in [0.5, 0.6) is 0 Å². The van der Waals surface area contributed by atoms with Crippen LogP contribution in [0.4, 0.5) is 5.69 Å². The fourth-order valence-electron chi connectivity index (χ4n) is 2.82. The Morgan fingerprint density at radius 2 is 1.92 bits per heavy atom. The summed E-state index contributed by atoms with van der Waals surface area (Å²) in [5.74, 6) is -0.447. The molecule has 0 spiro atoms. The second-order valence-electron chi connectivity index (χ2n) is 5.99. The molecule has 1 N–H and O–H groups in total. The number of rotatable bonds is 3. The summed E-state index contributed by atoms with van der Waals surface area (Å²) in [5.41, 5.74) is 4.50. The van der Waals surface area contributed by atoms with Gasteiger partial charge in [0.1, 0.15) is 5.65 Å². The van der Waals surface area contributed by atoms with Crippen LogP contribution < -0.4 is 10.0 Å². The van der Waals surface area contributed by atoms with E-state index in [-0.39, 0.29) is 5.69 Å². The van der Waals surface area contributed by atoms with Crippen LogP contribution in [-0.2, 0) is 0 Å². The standard InChI is InChI=1S/C20H16N4O2/c1-14-5-4-11-23-13-17(22-19(14)23)15-7-9-16(10-8-15)21-20(25)18-6-2-3-12-24(18)26/h2-13H,1H3,(H,21,25). The zero-order chi connectivity index (χ0) is 18.1. The largest absolute Gasteiger partial charge is 0.618 e. The van der Waals surface area contributed by atoms with Gasteiger partial charge in [-0.25, -0.2) is 4.98 Å². The number of imidazole rings is 1. The second-order valence-corrected chi connectivity index (χ2v) is 5.99. The molecular weight excluding hydrogens is 328 g/mol. The van der Waals surface area contributed by atoms with Gasteiger partial charge in [-0.05, 0) is 36.8 Å². The average molecular weight is 344 g/mol. The number of amides is 1. The number of aryl methyl sites for hydroxylation is 1. The molecule has 0 atom stereocenters. The van der Waals surface area contributed by atoms with Crippen molar-refractivity contribution in [1.82, 2.24) is 9.38 Å². The molecular formula is C20H16N4O2. The van der Waals surface area contributed by atoms with Gasteiger partial charge in [0.2, 0.25) is 0 Å². The lowest BCUT2D eigenvalue weighted by molar-refractivity contribution is -0.607. The molecule has 6 nitrogen and oxygen atoms in total. The van der Waals surface area contributed by atoms with E-state index in [1.54, 1.807) is 24.3 Å². The van der Waals surface area contributed by atoms with Gasteiger partial charge in [-0.15, -0.1) is 0 Å². The summed E-state index contributed by atoms with van der Waals surface area (Å²) in [6, 6.07) is 16.1. The molecule has 6 heteroatoms. The van der Waals surface area contributed by atoms with E-state index in [1.165, 1.54) is 12.3 Å². The molecule has 0 radical (unpaired) electrons. The number of pyridine rings is 2. The summed E-state index contributed by atoms with van der Waals surface area (Å²) in [5, 5.41) is 14.4. The molecule has 3 heterocycles. The predicted octanol–water partition coefficient (Wildman–Crippen LogP) is 3.20. The van der Waals surface area contributed by atoms with Gasteiger partial charge in [0.25, 0.3) is 5.69 Å². The molecule has 0 aliphatic rings.